The molecule has 0 aromatic carbocycles. The van der Waals surface area contributed by atoms with Crippen molar-refractivity contribution in [1.82, 2.24) is 10.8 Å². The van der Waals surface area contributed by atoms with Crippen LogP contribution >= 0.6 is 0 Å². The monoisotopic (exact) mass is 243 g/mol. The second-order valence-electron chi connectivity index (χ2n) is 2.83. The third-order valence-electron chi connectivity index (χ3n) is 1.81. The van der Waals surface area contributed by atoms with Gasteiger partial charge in [0.2, 0.25) is 0 Å². The quantitative estimate of drug-likeness (QED) is 0.410. The van der Waals surface area contributed by atoms with E-state index in [0.717, 1.165) is 0 Å². The average molecular weight is 242 g/mol. The maximum absolute atomic E-state index is 11.4. The van der Waals surface area contributed by atoms with Gasteiger partial charge in [0.25, 0.3) is 0 Å². The van der Waals surface area contributed by atoms with Crippen molar-refractivity contribution in [3.63, 3.8) is 0 Å². The summed E-state index contributed by atoms with van der Waals surface area (Å²) < 4.78 is 0.184. The number of hydroxylamine groups is 1. The molecule has 0 fully saturated rings. The molecule has 1 heterocycles. The summed E-state index contributed by atoms with van der Waals surface area (Å²) in [6, 6.07) is 0. The first-order chi connectivity index (χ1) is 6.34. The predicted molar refractivity (Wildman–Crippen MR) is 54.8 cm³/mol. The van der Waals surface area contributed by atoms with Gasteiger partial charge in [-0.25, -0.2) is 0 Å². The van der Waals surface area contributed by atoms with Crippen LogP contribution in [0.5, 0.6) is 0 Å². The van der Waals surface area contributed by atoms with E-state index < -0.39 is 14.3 Å². The number of nitrogens with one attached hydrogen (secondary N) is 2. The molecule has 0 radical (unpaired) electrons. The fraction of sp³-hybridized carbons (Fsp3) is 0.375. The van der Waals surface area contributed by atoms with Crippen LogP contribution in [0, 0.1) is 5.21 Å². The third kappa shape index (κ3) is 3.75. The number of carbonyl (C=O) groups excluding carboxylic acids is 1. The van der Waals surface area contributed by atoms with Crippen molar-refractivity contribution in [3.8, 4) is 0 Å². The van der Waals surface area contributed by atoms with Crippen LogP contribution in [0.1, 0.15) is 6.42 Å². The van der Waals surface area contributed by atoms with Crippen molar-refractivity contribution in [1.29, 1.82) is 0 Å². The normalized spacial score (nSPS) is 15.2. The van der Waals surface area contributed by atoms with Crippen LogP contribution < -0.4 is 10.8 Å². The van der Waals surface area contributed by atoms with E-state index in [9.17, 15) is 10.0 Å². The van der Waals surface area contributed by atoms with Gasteiger partial charge in [0.05, 0.1) is 0 Å². The Kier molecular flexibility index (Phi) is 4.81. The molecular weight excluding hydrogens is 229 g/mol. The number of amides is 1. The van der Waals surface area contributed by atoms with Crippen LogP contribution in [-0.2, 0) is 0 Å². The Morgan fingerprint density at radius 2 is 2.00 bits per heavy atom. The number of hydrogen-bond acceptors (Lipinski definition) is 3. The Labute approximate surface area is 81.8 Å². The van der Waals surface area contributed by atoms with Crippen LogP contribution in [0.25, 0.3) is 0 Å². The van der Waals surface area contributed by atoms with Crippen LogP contribution in [0.3, 0.4) is 0 Å². The molecule has 0 unspecified atom stereocenters. The molecule has 13 heavy (non-hydrogen) atoms. The zero-order valence-electron chi connectivity index (χ0n) is 7.32. The molecule has 0 aliphatic carbocycles. The van der Waals surface area contributed by atoms with Crippen LogP contribution in [0.4, 0.5) is 4.79 Å². The van der Waals surface area contributed by atoms with E-state index in [2.05, 4.69) is 5.32 Å². The molecule has 0 saturated heterocycles. The first kappa shape index (κ1) is 10.5. The molecular formula is C8H13GeN2O2-. The molecule has 1 aliphatic heterocycles. The Morgan fingerprint density at radius 1 is 1.31 bits per heavy atom. The van der Waals surface area contributed by atoms with Crippen LogP contribution in [0.15, 0.2) is 22.0 Å². The van der Waals surface area contributed by atoms with Gasteiger partial charge < -0.3 is 0 Å². The van der Waals surface area contributed by atoms with Gasteiger partial charge in [-0.2, -0.15) is 0 Å². The van der Waals surface area contributed by atoms with E-state index in [1.165, 1.54) is 0 Å². The zero-order valence-corrected chi connectivity index (χ0v) is 9.75. The van der Waals surface area contributed by atoms with Crippen molar-refractivity contribution in [2.24, 2.45) is 0 Å². The summed E-state index contributed by atoms with van der Waals surface area (Å²) in [6.07, 6.45) is 4.56. The molecule has 0 spiro atoms. The summed E-state index contributed by atoms with van der Waals surface area (Å²) in [6.45, 7) is 1.00. The maximum atomic E-state index is 11.4. The summed E-state index contributed by atoms with van der Waals surface area (Å²) in [4.78, 5) is 15.4. The fourth-order valence-corrected chi connectivity index (χ4v) is 4.44. The van der Waals surface area contributed by atoms with E-state index in [1.807, 2.05) is 22.0 Å². The summed E-state index contributed by atoms with van der Waals surface area (Å²) in [5.41, 5.74) is 1.80. The van der Waals surface area contributed by atoms with Crippen LogP contribution in [-0.4, -0.2) is 32.2 Å². The first-order valence-electron chi connectivity index (χ1n) is 4.32. The molecule has 1 amide bonds. The molecule has 0 saturated carbocycles. The molecule has 0 bridgehead atoms. The number of rotatable bonds is 5. The minimum atomic E-state index is -1.90. The number of carbonyl (C=O) groups is 1. The second-order valence-corrected chi connectivity index (χ2v) is 7.76. The van der Waals surface area contributed by atoms with Crippen molar-refractivity contribution in [3.05, 3.63) is 27.2 Å². The fourth-order valence-electron chi connectivity index (χ4n) is 1.10. The second kappa shape index (κ2) is 5.96. The standard InChI is InChI=1S/C8H13GeN2O2/c12-8(9-4-1-2-5-9)10-6-3-7-11-13/h1-2,4-5,9,11H,3,6-7H2,(H,10,12)/q-1. The van der Waals surface area contributed by atoms with Gasteiger partial charge in [-0.05, 0) is 0 Å². The Morgan fingerprint density at radius 3 is 2.62 bits per heavy atom. The number of hydrogen-bond donors (Lipinski definition) is 2. The van der Waals surface area contributed by atoms with Gasteiger partial charge in [0.15, 0.2) is 0 Å². The molecule has 5 heteroatoms. The average Bonchev–Trinajstić information content (AvgIpc) is 2.65. The third-order valence-corrected chi connectivity index (χ3v) is 6.18. The zero-order chi connectivity index (χ0) is 9.52. The van der Waals surface area contributed by atoms with Gasteiger partial charge in [0, 0.05) is 0 Å². The van der Waals surface area contributed by atoms with E-state index in [4.69, 9.17) is 0 Å². The van der Waals surface area contributed by atoms with Crippen molar-refractivity contribution >= 4 is 19.1 Å². The minimum absolute atomic E-state index is 0.184. The topological polar surface area (TPSA) is 64.2 Å². The van der Waals surface area contributed by atoms with Gasteiger partial charge in [-0.3, -0.25) is 0 Å². The van der Waals surface area contributed by atoms with E-state index >= 15 is 0 Å². The molecule has 1 aliphatic rings. The SMILES string of the molecule is O=[C](NCCCN[O-])[GeH]1[CH]=CC=[CH]1. The van der Waals surface area contributed by atoms with Gasteiger partial charge >= 0.3 is 81.4 Å². The van der Waals surface area contributed by atoms with Crippen molar-refractivity contribution in [2.45, 2.75) is 6.42 Å². The molecule has 0 aromatic rings. The van der Waals surface area contributed by atoms with E-state index in [0.29, 0.717) is 19.5 Å². The predicted octanol–water partition coefficient (Wildman–Crippen LogP) is 0.187. The van der Waals surface area contributed by atoms with E-state index in [1.54, 1.807) is 5.48 Å². The summed E-state index contributed by atoms with van der Waals surface area (Å²) in [7, 11) is 0. The van der Waals surface area contributed by atoms with Gasteiger partial charge in [-0.15, -0.1) is 0 Å². The molecule has 1 rings (SSSR count). The Bertz CT molecular complexity index is 216. The first-order valence-corrected chi connectivity index (χ1v) is 8.33. The molecule has 2 N–H and O–H groups in total. The summed E-state index contributed by atoms with van der Waals surface area (Å²) >= 11 is -1.90. The summed E-state index contributed by atoms with van der Waals surface area (Å²) in [5, 5.41) is 12.7. The van der Waals surface area contributed by atoms with Gasteiger partial charge in [0.1, 0.15) is 0 Å². The summed E-state index contributed by atoms with van der Waals surface area (Å²) in [5.74, 6) is 0. The molecule has 72 valence electrons. The number of allylic oxidation sites excluding steroid dienone is 2. The molecule has 4 nitrogen and oxygen atoms in total. The van der Waals surface area contributed by atoms with Gasteiger partial charge in [-0.1, -0.05) is 0 Å². The van der Waals surface area contributed by atoms with Crippen molar-refractivity contribution in [2.75, 3.05) is 13.1 Å². The molecule has 0 atom stereocenters. The Hall–Kier alpha value is -0.587. The van der Waals surface area contributed by atoms with Crippen LogP contribution in [0.2, 0.25) is 0 Å². The molecule has 0 aromatic heterocycles. The van der Waals surface area contributed by atoms with E-state index in [-0.39, 0.29) is 4.74 Å². The Balaban J connectivity index is 2.11. The van der Waals surface area contributed by atoms with Crippen molar-refractivity contribution < 1.29 is 4.79 Å².